The van der Waals surface area contributed by atoms with Gasteiger partial charge in [-0.15, -0.1) is 0 Å². The third-order valence-corrected chi connectivity index (χ3v) is 2.65. The predicted molar refractivity (Wildman–Crippen MR) is 76.6 cm³/mol. The van der Waals surface area contributed by atoms with E-state index in [2.05, 4.69) is 5.32 Å². The lowest BCUT2D eigenvalue weighted by Gasteiger charge is -2.08. The van der Waals surface area contributed by atoms with Gasteiger partial charge in [0.05, 0.1) is 6.61 Å². The minimum Gasteiger partial charge on any atom is -0.494 e. The van der Waals surface area contributed by atoms with Gasteiger partial charge in [0.25, 0.3) is 5.91 Å². The minimum absolute atomic E-state index is 0.294. The van der Waals surface area contributed by atoms with E-state index in [1.165, 1.54) is 12.1 Å². The number of hydrogen-bond donors (Lipinski definition) is 1. The van der Waals surface area contributed by atoms with Gasteiger partial charge in [-0.05, 0) is 42.8 Å². The van der Waals surface area contributed by atoms with Gasteiger partial charge in [-0.2, -0.15) is 0 Å². The molecule has 0 unspecified atom stereocenters. The Balaban J connectivity index is 2.09. The number of rotatable bonds is 5. The molecule has 1 amide bonds. The predicted octanol–water partition coefficient (Wildman–Crippen LogP) is 3.87. The standard InChI is InChI=1S/C16H16FNO2/c1-2-9-20-15-8-3-5-12(10-15)16(19)18-14-7-4-6-13(17)11-14/h3-8,10-11H,2,9H2,1H3,(H,18,19). The summed E-state index contributed by atoms with van der Waals surface area (Å²) in [6, 6.07) is 12.7. The highest BCUT2D eigenvalue weighted by atomic mass is 19.1. The summed E-state index contributed by atoms with van der Waals surface area (Å²) in [5, 5.41) is 2.65. The van der Waals surface area contributed by atoms with E-state index in [1.807, 2.05) is 6.92 Å². The van der Waals surface area contributed by atoms with E-state index in [4.69, 9.17) is 4.74 Å². The van der Waals surface area contributed by atoms with Gasteiger partial charge >= 0.3 is 0 Å². The number of hydrogen-bond acceptors (Lipinski definition) is 2. The molecule has 0 heterocycles. The maximum Gasteiger partial charge on any atom is 0.255 e. The van der Waals surface area contributed by atoms with Gasteiger partial charge in [0, 0.05) is 11.3 Å². The molecule has 2 rings (SSSR count). The van der Waals surface area contributed by atoms with Gasteiger partial charge in [-0.25, -0.2) is 4.39 Å². The van der Waals surface area contributed by atoms with Gasteiger partial charge in [0.2, 0.25) is 0 Å². The Bertz CT molecular complexity index is 599. The fourth-order valence-corrected chi connectivity index (χ4v) is 1.72. The molecule has 1 N–H and O–H groups in total. The molecule has 0 spiro atoms. The third kappa shape index (κ3) is 3.82. The number of carbonyl (C=O) groups excluding carboxylic acids is 1. The molecule has 20 heavy (non-hydrogen) atoms. The van der Waals surface area contributed by atoms with Crippen molar-refractivity contribution in [2.75, 3.05) is 11.9 Å². The summed E-state index contributed by atoms with van der Waals surface area (Å²) in [5.74, 6) is -0.0286. The number of carbonyl (C=O) groups is 1. The van der Waals surface area contributed by atoms with Gasteiger partial charge < -0.3 is 10.1 Å². The fourth-order valence-electron chi connectivity index (χ4n) is 1.72. The van der Waals surface area contributed by atoms with Gasteiger partial charge in [0.15, 0.2) is 0 Å². The second-order valence-corrected chi connectivity index (χ2v) is 4.34. The summed E-state index contributed by atoms with van der Waals surface area (Å²) in [6.07, 6.45) is 0.902. The number of amides is 1. The van der Waals surface area contributed by atoms with E-state index < -0.39 is 0 Å². The van der Waals surface area contributed by atoms with Crippen LogP contribution in [0.3, 0.4) is 0 Å². The maximum absolute atomic E-state index is 13.1. The zero-order valence-corrected chi connectivity index (χ0v) is 11.2. The molecule has 104 valence electrons. The normalized spacial score (nSPS) is 10.1. The summed E-state index contributed by atoms with van der Waals surface area (Å²) >= 11 is 0. The smallest absolute Gasteiger partial charge is 0.255 e. The Morgan fingerprint density at radius 1 is 1.20 bits per heavy atom. The van der Waals surface area contributed by atoms with Crippen LogP contribution in [0.5, 0.6) is 5.75 Å². The average molecular weight is 273 g/mol. The quantitative estimate of drug-likeness (QED) is 0.898. The number of halogens is 1. The maximum atomic E-state index is 13.1. The monoisotopic (exact) mass is 273 g/mol. The minimum atomic E-state index is -0.386. The number of anilines is 1. The van der Waals surface area contributed by atoms with Crippen molar-refractivity contribution in [3.8, 4) is 5.75 Å². The van der Waals surface area contributed by atoms with Crippen molar-refractivity contribution >= 4 is 11.6 Å². The van der Waals surface area contributed by atoms with Gasteiger partial charge in [-0.1, -0.05) is 19.1 Å². The summed E-state index contributed by atoms with van der Waals surface area (Å²) < 4.78 is 18.5. The molecular formula is C16H16FNO2. The van der Waals surface area contributed by atoms with Crippen LogP contribution in [0.2, 0.25) is 0 Å². The first-order valence-corrected chi connectivity index (χ1v) is 6.49. The molecule has 0 fully saturated rings. The Kier molecular flexibility index (Phi) is 4.71. The fraction of sp³-hybridized carbons (Fsp3) is 0.188. The summed E-state index contributed by atoms with van der Waals surface area (Å²) in [4.78, 5) is 12.1. The second kappa shape index (κ2) is 6.70. The van der Waals surface area contributed by atoms with Crippen LogP contribution in [0.1, 0.15) is 23.7 Å². The molecule has 0 saturated carbocycles. The number of ether oxygens (including phenoxy) is 1. The molecule has 2 aromatic carbocycles. The van der Waals surface area contributed by atoms with Crippen LogP contribution in [-0.2, 0) is 0 Å². The highest BCUT2D eigenvalue weighted by molar-refractivity contribution is 6.04. The zero-order valence-electron chi connectivity index (χ0n) is 11.2. The Labute approximate surface area is 117 Å². The van der Waals surface area contributed by atoms with Crippen molar-refractivity contribution in [1.82, 2.24) is 0 Å². The molecular weight excluding hydrogens is 257 g/mol. The van der Waals surface area contributed by atoms with E-state index in [0.29, 0.717) is 23.6 Å². The first-order valence-electron chi connectivity index (χ1n) is 6.49. The molecule has 3 nitrogen and oxygen atoms in total. The van der Waals surface area contributed by atoms with Crippen LogP contribution in [0.15, 0.2) is 48.5 Å². The SMILES string of the molecule is CCCOc1cccc(C(=O)Nc2cccc(F)c2)c1. The van der Waals surface area contributed by atoms with Crippen LogP contribution in [-0.4, -0.2) is 12.5 Å². The molecule has 0 bridgehead atoms. The van der Waals surface area contributed by atoms with Crippen LogP contribution in [0.25, 0.3) is 0 Å². The molecule has 0 aliphatic carbocycles. The van der Waals surface area contributed by atoms with Crippen LogP contribution >= 0.6 is 0 Å². The molecule has 2 aromatic rings. The summed E-state index contributed by atoms with van der Waals surface area (Å²) in [5.41, 5.74) is 0.901. The molecule has 0 aromatic heterocycles. The average Bonchev–Trinajstić information content (AvgIpc) is 2.45. The van der Waals surface area contributed by atoms with Crippen molar-refractivity contribution in [2.45, 2.75) is 13.3 Å². The van der Waals surface area contributed by atoms with Crippen LogP contribution in [0, 0.1) is 5.82 Å². The van der Waals surface area contributed by atoms with Crippen LogP contribution < -0.4 is 10.1 Å². The van der Waals surface area contributed by atoms with Crippen molar-refractivity contribution in [2.24, 2.45) is 0 Å². The largest absolute Gasteiger partial charge is 0.494 e. The zero-order chi connectivity index (χ0) is 14.4. The lowest BCUT2D eigenvalue weighted by atomic mass is 10.2. The number of benzene rings is 2. The van der Waals surface area contributed by atoms with Gasteiger partial charge in [0.1, 0.15) is 11.6 Å². The second-order valence-electron chi connectivity index (χ2n) is 4.34. The highest BCUT2D eigenvalue weighted by Crippen LogP contribution is 2.16. The van der Waals surface area contributed by atoms with Crippen molar-refractivity contribution in [1.29, 1.82) is 0 Å². The Hall–Kier alpha value is -2.36. The third-order valence-electron chi connectivity index (χ3n) is 2.65. The topological polar surface area (TPSA) is 38.3 Å². The first-order chi connectivity index (χ1) is 9.69. The van der Waals surface area contributed by atoms with Gasteiger partial charge in [-0.3, -0.25) is 4.79 Å². The molecule has 0 radical (unpaired) electrons. The van der Waals surface area contributed by atoms with Crippen molar-refractivity contribution in [3.63, 3.8) is 0 Å². The van der Waals surface area contributed by atoms with E-state index in [0.717, 1.165) is 6.42 Å². The van der Waals surface area contributed by atoms with Crippen LogP contribution in [0.4, 0.5) is 10.1 Å². The van der Waals surface area contributed by atoms with Crippen molar-refractivity contribution in [3.05, 3.63) is 59.9 Å². The Morgan fingerprint density at radius 3 is 2.75 bits per heavy atom. The van der Waals surface area contributed by atoms with E-state index >= 15 is 0 Å². The lowest BCUT2D eigenvalue weighted by molar-refractivity contribution is 0.102. The number of nitrogens with one attached hydrogen (secondary N) is 1. The summed E-state index contributed by atoms with van der Waals surface area (Å²) in [7, 11) is 0. The molecule has 0 saturated heterocycles. The molecule has 4 heteroatoms. The molecule has 0 atom stereocenters. The molecule has 0 aliphatic rings. The highest BCUT2D eigenvalue weighted by Gasteiger charge is 2.07. The Morgan fingerprint density at radius 2 is 2.00 bits per heavy atom. The van der Waals surface area contributed by atoms with E-state index in [9.17, 15) is 9.18 Å². The van der Waals surface area contributed by atoms with E-state index in [1.54, 1.807) is 36.4 Å². The lowest BCUT2D eigenvalue weighted by Crippen LogP contribution is -2.12. The summed E-state index contributed by atoms with van der Waals surface area (Å²) in [6.45, 7) is 2.62. The van der Waals surface area contributed by atoms with E-state index in [-0.39, 0.29) is 11.7 Å². The molecule has 0 aliphatic heterocycles. The van der Waals surface area contributed by atoms with Crippen molar-refractivity contribution < 1.29 is 13.9 Å². The first kappa shape index (κ1) is 14.1.